The van der Waals surface area contributed by atoms with Gasteiger partial charge in [0.25, 0.3) is 0 Å². The predicted molar refractivity (Wildman–Crippen MR) is 225 cm³/mol. The van der Waals surface area contributed by atoms with Crippen LogP contribution in [0.4, 0.5) is 22.0 Å². The van der Waals surface area contributed by atoms with Crippen molar-refractivity contribution in [1.82, 2.24) is 15.2 Å². The molecule has 1 N–H and O–H groups in total. The van der Waals surface area contributed by atoms with E-state index in [1.807, 2.05) is 53.6 Å². The number of halogens is 5. The van der Waals surface area contributed by atoms with Gasteiger partial charge in [0.15, 0.2) is 0 Å². The van der Waals surface area contributed by atoms with Gasteiger partial charge < -0.3 is 18.9 Å². The van der Waals surface area contributed by atoms with Crippen LogP contribution in [0.3, 0.4) is 0 Å². The number of hydrogen-bond donors (Lipinski definition) is 1. The average Bonchev–Trinajstić information content (AvgIpc) is 3.79. The first kappa shape index (κ1) is 50.7. The zero-order valence-corrected chi connectivity index (χ0v) is 39.4. The molecule has 7 nitrogen and oxygen atoms in total. The Labute approximate surface area is 388 Å². The third-order valence-electron chi connectivity index (χ3n) is 9.25. The van der Waals surface area contributed by atoms with E-state index in [9.17, 15) is 40.9 Å². The molecular formula is C47H36F5Ir2N3O4P2+4. The molecule has 0 amide bonds. The molecule has 322 valence electrons. The summed E-state index contributed by atoms with van der Waals surface area (Å²) in [5.74, 6) is -1.35. The number of pyridine rings is 1. The molecule has 2 unspecified atom stereocenters. The Balaban J connectivity index is 0.000000209. The molecule has 0 spiro atoms. The van der Waals surface area contributed by atoms with Crippen molar-refractivity contribution in [1.29, 1.82) is 0 Å². The molecule has 16 heteroatoms. The number of alkyl halides is 3. The van der Waals surface area contributed by atoms with Gasteiger partial charge >= 0.3 is 46.4 Å². The summed E-state index contributed by atoms with van der Waals surface area (Å²) < 4.78 is 89.3. The third kappa shape index (κ3) is 13.5. The van der Waals surface area contributed by atoms with Crippen molar-refractivity contribution >= 4 is 36.0 Å². The van der Waals surface area contributed by atoms with Crippen LogP contribution >= 0.6 is 14.7 Å². The van der Waals surface area contributed by atoms with Crippen molar-refractivity contribution in [2.24, 2.45) is 0 Å². The summed E-state index contributed by atoms with van der Waals surface area (Å²) >= 11 is 0. The van der Waals surface area contributed by atoms with Crippen LogP contribution < -0.4 is 31.0 Å². The fourth-order valence-corrected chi connectivity index (χ4v) is 9.53. The fourth-order valence-electron chi connectivity index (χ4n) is 6.22. The minimum atomic E-state index is -4.40. The Morgan fingerprint density at radius 1 is 0.524 bits per heavy atom. The van der Waals surface area contributed by atoms with E-state index in [0.29, 0.717) is 28.3 Å². The summed E-state index contributed by atoms with van der Waals surface area (Å²) in [5.41, 5.74) is 2.37. The zero-order valence-electron chi connectivity index (χ0n) is 32.8. The Kier molecular flexibility index (Phi) is 18.6. The average molecular weight is 1250 g/mol. The molecule has 2 heterocycles. The number of nitrogens with zero attached hydrogens (tertiary/aromatic N) is 2. The number of aromatic nitrogens is 3. The van der Waals surface area contributed by atoms with Crippen molar-refractivity contribution in [3.05, 3.63) is 228 Å². The van der Waals surface area contributed by atoms with E-state index in [4.69, 9.17) is 0 Å². The fraction of sp³-hybridized carbons (Fsp3) is 0.0638. The minimum absolute atomic E-state index is 0. The number of benzene rings is 6. The zero-order chi connectivity index (χ0) is 43.5. The summed E-state index contributed by atoms with van der Waals surface area (Å²) in [7, 11) is -7.86. The predicted octanol–water partition coefficient (Wildman–Crippen LogP) is 8.50. The van der Waals surface area contributed by atoms with Crippen LogP contribution in [0.2, 0.25) is 0 Å². The van der Waals surface area contributed by atoms with Crippen LogP contribution in [-0.2, 0) is 68.4 Å². The maximum absolute atomic E-state index is 13.9. The molecular weight excluding hydrogens is 1210 g/mol. The monoisotopic (exact) mass is 1250 g/mol. The Hall–Kier alpha value is -4.99. The standard InChI is InChI=1S/C19H15F2O2P.C19H17O2P.C9H6F3N3.2Ir/c20-16-11-10-14(18(21)13-16)12-15-6-4-5-9-19(15)24(22,23)17-7-2-1-3-8-17;20-22(21,18-12-5-2-6-13-18)19-14-8-7-11-17(19)15-16-9-3-1-4-10-16;10-9(11,12)8-5-7(14-15-8)6-3-1-2-4-13-6;;/h1-11,13H,12H2,(H,22,23);1-14H,15H2,(H,20,21);1-5H,(H,14,15);;/q;;;2*+3/p-2. The van der Waals surface area contributed by atoms with Gasteiger partial charge in [0.05, 0.1) is 20.4 Å². The van der Waals surface area contributed by atoms with Crippen molar-refractivity contribution in [2.75, 3.05) is 0 Å². The molecule has 2 atom stereocenters. The van der Waals surface area contributed by atoms with Crippen LogP contribution in [-0.4, -0.2) is 15.2 Å². The largest absolute Gasteiger partial charge is 3.00 e. The van der Waals surface area contributed by atoms with E-state index in [0.717, 1.165) is 29.3 Å². The summed E-state index contributed by atoms with van der Waals surface area (Å²) in [6.45, 7) is 0. The summed E-state index contributed by atoms with van der Waals surface area (Å²) in [5, 5.41) is 6.60. The molecule has 8 rings (SSSR count). The summed E-state index contributed by atoms with van der Waals surface area (Å²) in [6, 6.07) is 49.5. The van der Waals surface area contributed by atoms with Gasteiger partial charge in [-0.05, 0) is 52.9 Å². The van der Waals surface area contributed by atoms with E-state index in [1.165, 1.54) is 30.5 Å². The van der Waals surface area contributed by atoms with Gasteiger partial charge in [0, 0.05) is 39.9 Å². The van der Waals surface area contributed by atoms with Crippen molar-refractivity contribution in [3.63, 3.8) is 0 Å². The number of aromatic amines is 1. The molecule has 0 saturated heterocycles. The Bertz CT molecular complexity index is 2770. The first-order chi connectivity index (χ1) is 29.2. The van der Waals surface area contributed by atoms with Crippen molar-refractivity contribution < 1.29 is 81.1 Å². The second-order valence-electron chi connectivity index (χ2n) is 13.5. The molecule has 8 aromatic rings. The minimum Gasteiger partial charge on any atom is -0.793 e. The normalized spacial score (nSPS) is 12.6. The summed E-state index contributed by atoms with van der Waals surface area (Å²) in [4.78, 5) is 29.6. The van der Waals surface area contributed by atoms with Crippen molar-refractivity contribution in [3.8, 4) is 11.4 Å². The van der Waals surface area contributed by atoms with Gasteiger partial charge in [0.1, 0.15) is 23.0 Å². The maximum atomic E-state index is 13.9. The quantitative estimate of drug-likeness (QED) is 0.114. The van der Waals surface area contributed by atoms with Crippen LogP contribution in [0.5, 0.6) is 0 Å². The van der Waals surface area contributed by atoms with E-state index < -0.39 is 38.2 Å². The molecule has 0 radical (unpaired) electrons. The second-order valence-corrected chi connectivity index (χ2v) is 17.7. The topological polar surface area (TPSA) is 122 Å². The SMILES string of the molecule is FC(F)(F)c1cc(-c2ccccn2)n[nH]1.O=P([O-])(c1ccccc1)c1ccccc1Cc1ccc(F)cc1F.O=P([O-])(c1ccccc1)c1ccccc1Cc1ccccc1.[Ir+3].[Ir+3]. The number of rotatable bonds is 9. The maximum Gasteiger partial charge on any atom is 3.00 e. The van der Waals surface area contributed by atoms with Crippen molar-refractivity contribution in [2.45, 2.75) is 19.0 Å². The van der Waals surface area contributed by atoms with Gasteiger partial charge in [-0.1, -0.05) is 152 Å². The summed E-state index contributed by atoms with van der Waals surface area (Å²) in [6.07, 6.45) is -2.23. The second kappa shape index (κ2) is 23.1. The molecule has 6 aromatic carbocycles. The molecule has 0 fully saturated rings. The third-order valence-corrected chi connectivity index (χ3v) is 13.4. The number of H-pyrrole nitrogens is 1. The number of hydrogen-bond acceptors (Lipinski definition) is 6. The van der Waals surface area contributed by atoms with Gasteiger partial charge in [0.2, 0.25) is 0 Å². The van der Waals surface area contributed by atoms with E-state index in [2.05, 4.69) is 10.1 Å². The van der Waals surface area contributed by atoms with E-state index in [1.54, 1.807) is 91.0 Å². The number of nitrogens with one attached hydrogen (secondary N) is 1. The van der Waals surface area contributed by atoms with Gasteiger partial charge in [-0.15, -0.1) is 0 Å². The smallest absolute Gasteiger partial charge is 0.793 e. The first-order valence-corrected chi connectivity index (χ1v) is 21.9. The van der Waals surface area contributed by atoms with Gasteiger partial charge in [-0.25, -0.2) is 8.78 Å². The Morgan fingerprint density at radius 2 is 1.00 bits per heavy atom. The molecule has 0 saturated carbocycles. The first-order valence-electron chi connectivity index (χ1n) is 18.7. The van der Waals surface area contributed by atoms with E-state index in [-0.39, 0.29) is 68.5 Å². The molecule has 0 bridgehead atoms. The van der Waals surface area contributed by atoms with Gasteiger partial charge in [-0.2, -0.15) is 18.3 Å². The van der Waals surface area contributed by atoms with Crippen LogP contribution in [0.25, 0.3) is 11.4 Å². The molecule has 0 aliphatic rings. The van der Waals surface area contributed by atoms with Gasteiger partial charge in [-0.3, -0.25) is 10.1 Å². The van der Waals surface area contributed by atoms with Crippen LogP contribution in [0, 0.1) is 11.6 Å². The van der Waals surface area contributed by atoms with Crippen LogP contribution in [0.1, 0.15) is 27.9 Å². The molecule has 63 heavy (non-hydrogen) atoms. The molecule has 0 aliphatic carbocycles. The van der Waals surface area contributed by atoms with Crippen LogP contribution in [0.15, 0.2) is 188 Å². The molecule has 0 aliphatic heterocycles. The Morgan fingerprint density at radius 3 is 1.48 bits per heavy atom. The molecule has 2 aromatic heterocycles. The van der Waals surface area contributed by atoms with E-state index >= 15 is 0 Å².